The molecule has 0 radical (unpaired) electrons. The zero-order valence-electron chi connectivity index (χ0n) is 11.4. The Hall–Kier alpha value is -1.39. The summed E-state index contributed by atoms with van der Waals surface area (Å²) in [6, 6.07) is 8.81. The van der Waals surface area contributed by atoms with E-state index in [9.17, 15) is 0 Å². The predicted molar refractivity (Wildman–Crippen MR) is 82.1 cm³/mol. The van der Waals surface area contributed by atoms with Gasteiger partial charge in [-0.05, 0) is 38.1 Å². The lowest BCUT2D eigenvalue weighted by atomic mass is 10.2. The van der Waals surface area contributed by atoms with Gasteiger partial charge in [0.2, 0.25) is 0 Å². The average molecular weight is 273 g/mol. The lowest BCUT2D eigenvalue weighted by Gasteiger charge is -2.29. The minimum Gasteiger partial charge on any atom is -0.369 e. The highest BCUT2D eigenvalue weighted by Gasteiger charge is 2.11. The van der Waals surface area contributed by atoms with Gasteiger partial charge in [0.25, 0.3) is 0 Å². The van der Waals surface area contributed by atoms with Crippen LogP contribution in [0.15, 0.2) is 24.3 Å². The van der Waals surface area contributed by atoms with Crippen LogP contribution in [0.2, 0.25) is 0 Å². The Balaban J connectivity index is 1.82. The normalized spacial score (nSPS) is 15.8. The number of aryl methyl sites for hydroxylation is 2. The van der Waals surface area contributed by atoms with Crippen LogP contribution in [0.1, 0.15) is 10.6 Å². The smallest absolute Gasteiger partial charge is 0.123 e. The number of nitrogens with one attached hydrogen (secondary N) is 1. The number of hydrogen-bond donors (Lipinski definition) is 1. The molecule has 1 N–H and O–H groups in total. The first kappa shape index (κ1) is 12.6. The third-order valence-corrected chi connectivity index (χ3v) is 4.75. The second-order valence-electron chi connectivity index (χ2n) is 4.94. The van der Waals surface area contributed by atoms with Crippen LogP contribution in [0.25, 0.3) is 10.6 Å². The summed E-state index contributed by atoms with van der Waals surface area (Å²) < 4.78 is 0. The summed E-state index contributed by atoms with van der Waals surface area (Å²) in [5.41, 5.74) is 3.68. The highest BCUT2D eigenvalue weighted by atomic mass is 32.1. The number of thiazole rings is 1. The Bertz CT molecular complexity index is 534. The van der Waals surface area contributed by atoms with Gasteiger partial charge in [-0.1, -0.05) is 0 Å². The lowest BCUT2D eigenvalue weighted by molar-refractivity contribution is 0.589. The summed E-state index contributed by atoms with van der Waals surface area (Å²) in [4.78, 5) is 8.35. The Morgan fingerprint density at radius 1 is 1.11 bits per heavy atom. The molecule has 1 aromatic carbocycles. The van der Waals surface area contributed by atoms with Crippen molar-refractivity contribution in [3.8, 4) is 10.6 Å². The molecule has 1 fully saturated rings. The third kappa shape index (κ3) is 2.65. The van der Waals surface area contributed by atoms with Crippen molar-refractivity contribution in [3.05, 3.63) is 34.8 Å². The van der Waals surface area contributed by atoms with Gasteiger partial charge in [-0.2, -0.15) is 0 Å². The standard InChI is InChI=1S/C15H19N3S/c1-11-12(2)19-15(17-11)13-3-5-14(6-4-13)18-9-7-16-8-10-18/h3-6,16H,7-10H2,1-2H3. The summed E-state index contributed by atoms with van der Waals surface area (Å²) >= 11 is 1.77. The SMILES string of the molecule is Cc1nc(-c2ccc(N3CCNCC3)cc2)sc1C. The second kappa shape index (κ2) is 5.31. The van der Waals surface area contributed by atoms with Crippen molar-refractivity contribution in [2.24, 2.45) is 0 Å². The van der Waals surface area contributed by atoms with Gasteiger partial charge in [-0.15, -0.1) is 11.3 Å². The zero-order chi connectivity index (χ0) is 13.2. The van der Waals surface area contributed by atoms with Crippen LogP contribution >= 0.6 is 11.3 Å². The van der Waals surface area contributed by atoms with E-state index in [2.05, 4.69) is 53.3 Å². The topological polar surface area (TPSA) is 28.2 Å². The summed E-state index contributed by atoms with van der Waals surface area (Å²) in [6.07, 6.45) is 0. The Morgan fingerprint density at radius 2 is 1.79 bits per heavy atom. The van der Waals surface area contributed by atoms with Crippen LogP contribution in [0.5, 0.6) is 0 Å². The first-order chi connectivity index (χ1) is 9.24. The van der Waals surface area contributed by atoms with Crippen molar-refractivity contribution < 1.29 is 0 Å². The minimum atomic E-state index is 1.08. The van der Waals surface area contributed by atoms with E-state index in [4.69, 9.17) is 0 Å². The second-order valence-corrected chi connectivity index (χ2v) is 6.15. The molecule has 2 aromatic rings. The van der Waals surface area contributed by atoms with E-state index in [1.165, 1.54) is 16.1 Å². The maximum Gasteiger partial charge on any atom is 0.123 e. The molecule has 0 atom stereocenters. The van der Waals surface area contributed by atoms with Gasteiger partial charge in [0.15, 0.2) is 0 Å². The van der Waals surface area contributed by atoms with E-state index >= 15 is 0 Å². The molecule has 0 amide bonds. The molecular formula is C15H19N3S. The summed E-state index contributed by atoms with van der Waals surface area (Å²) in [7, 11) is 0. The molecule has 1 aromatic heterocycles. The van der Waals surface area contributed by atoms with Gasteiger partial charge in [-0.25, -0.2) is 4.98 Å². The zero-order valence-corrected chi connectivity index (χ0v) is 12.3. The molecule has 0 bridgehead atoms. The molecule has 19 heavy (non-hydrogen) atoms. The van der Waals surface area contributed by atoms with E-state index in [1.807, 2.05) is 0 Å². The van der Waals surface area contributed by atoms with Gasteiger partial charge in [0.05, 0.1) is 5.69 Å². The third-order valence-electron chi connectivity index (χ3n) is 3.62. The van der Waals surface area contributed by atoms with Crippen LogP contribution in [0.4, 0.5) is 5.69 Å². The maximum atomic E-state index is 4.62. The minimum absolute atomic E-state index is 1.08. The van der Waals surface area contributed by atoms with E-state index in [-0.39, 0.29) is 0 Å². The van der Waals surface area contributed by atoms with E-state index < -0.39 is 0 Å². The van der Waals surface area contributed by atoms with Gasteiger partial charge < -0.3 is 10.2 Å². The Morgan fingerprint density at radius 3 is 2.37 bits per heavy atom. The van der Waals surface area contributed by atoms with Crippen LogP contribution in [0, 0.1) is 13.8 Å². The molecule has 0 spiro atoms. The van der Waals surface area contributed by atoms with Crippen molar-refractivity contribution in [2.75, 3.05) is 31.1 Å². The van der Waals surface area contributed by atoms with Crippen molar-refractivity contribution >= 4 is 17.0 Å². The van der Waals surface area contributed by atoms with Crippen molar-refractivity contribution in [1.29, 1.82) is 0 Å². The van der Waals surface area contributed by atoms with E-state index in [0.29, 0.717) is 0 Å². The number of aromatic nitrogens is 1. The van der Waals surface area contributed by atoms with Gasteiger partial charge in [0.1, 0.15) is 5.01 Å². The molecule has 1 aliphatic rings. The molecule has 1 aliphatic heterocycles. The van der Waals surface area contributed by atoms with E-state index in [1.54, 1.807) is 11.3 Å². The quantitative estimate of drug-likeness (QED) is 0.912. The number of rotatable bonds is 2. The monoisotopic (exact) mass is 273 g/mol. The van der Waals surface area contributed by atoms with Crippen LogP contribution in [0.3, 0.4) is 0 Å². The maximum absolute atomic E-state index is 4.62. The molecule has 100 valence electrons. The van der Waals surface area contributed by atoms with Gasteiger partial charge >= 0.3 is 0 Å². The fraction of sp³-hybridized carbons (Fsp3) is 0.400. The number of piperazine rings is 1. The highest BCUT2D eigenvalue weighted by molar-refractivity contribution is 7.15. The molecular weight excluding hydrogens is 254 g/mol. The van der Waals surface area contributed by atoms with Crippen LogP contribution < -0.4 is 10.2 Å². The fourth-order valence-electron chi connectivity index (χ4n) is 2.33. The molecule has 4 heteroatoms. The van der Waals surface area contributed by atoms with Gasteiger partial charge in [-0.3, -0.25) is 0 Å². The van der Waals surface area contributed by atoms with Crippen LogP contribution in [-0.2, 0) is 0 Å². The average Bonchev–Trinajstić information content (AvgIpc) is 2.80. The van der Waals surface area contributed by atoms with Crippen molar-refractivity contribution in [3.63, 3.8) is 0 Å². The van der Waals surface area contributed by atoms with Crippen molar-refractivity contribution in [1.82, 2.24) is 10.3 Å². The summed E-state index contributed by atoms with van der Waals surface area (Å²) in [6.45, 7) is 8.54. The Labute approximate surface area is 118 Å². The lowest BCUT2D eigenvalue weighted by Crippen LogP contribution is -2.43. The number of nitrogens with zero attached hydrogens (tertiary/aromatic N) is 2. The molecule has 3 rings (SSSR count). The van der Waals surface area contributed by atoms with Crippen LogP contribution in [-0.4, -0.2) is 31.2 Å². The molecule has 3 nitrogen and oxygen atoms in total. The largest absolute Gasteiger partial charge is 0.369 e. The molecule has 0 aliphatic carbocycles. The van der Waals surface area contributed by atoms with Gasteiger partial charge in [0, 0.05) is 42.3 Å². The Kier molecular flexibility index (Phi) is 3.53. The highest BCUT2D eigenvalue weighted by Crippen LogP contribution is 2.28. The molecule has 0 unspecified atom stereocenters. The predicted octanol–water partition coefficient (Wildman–Crippen LogP) is 2.84. The molecule has 2 heterocycles. The first-order valence-corrected chi connectivity index (χ1v) is 7.56. The number of hydrogen-bond acceptors (Lipinski definition) is 4. The molecule has 1 saturated heterocycles. The number of benzene rings is 1. The fourth-order valence-corrected chi connectivity index (χ4v) is 3.25. The summed E-state index contributed by atoms with van der Waals surface area (Å²) in [5.74, 6) is 0. The van der Waals surface area contributed by atoms with Crippen molar-refractivity contribution in [2.45, 2.75) is 13.8 Å². The molecule has 0 saturated carbocycles. The summed E-state index contributed by atoms with van der Waals surface area (Å²) in [5, 5.41) is 4.51. The number of anilines is 1. The first-order valence-electron chi connectivity index (χ1n) is 6.74. The van der Waals surface area contributed by atoms with E-state index in [0.717, 1.165) is 36.9 Å².